The van der Waals surface area contributed by atoms with Gasteiger partial charge in [0.05, 0.1) is 5.69 Å². The fraction of sp³-hybridized carbons (Fsp3) is 0.125. The quantitative estimate of drug-likeness (QED) is 0.803. The molecule has 0 heterocycles. The van der Waals surface area contributed by atoms with Crippen molar-refractivity contribution in [2.24, 2.45) is 0 Å². The Morgan fingerprint density at radius 2 is 1.95 bits per heavy atom. The van der Waals surface area contributed by atoms with Gasteiger partial charge < -0.3 is 15.4 Å². The summed E-state index contributed by atoms with van der Waals surface area (Å²) in [5, 5.41) is 5.58. The lowest BCUT2D eigenvalue weighted by molar-refractivity contribution is -0.107. The number of anilines is 2. The largest absolute Gasteiger partial charge is 0.388 e. The molecule has 108 valence electrons. The lowest BCUT2D eigenvalue weighted by Gasteiger charge is -2.12. The highest BCUT2D eigenvalue weighted by Gasteiger charge is 2.09. The van der Waals surface area contributed by atoms with E-state index in [1.807, 2.05) is 6.07 Å². The monoisotopic (exact) mass is 286 g/mol. The van der Waals surface area contributed by atoms with E-state index in [9.17, 15) is 14.0 Å². The molecule has 2 rings (SSSR count). The smallest absolute Gasteiger partial charge is 0.211 e. The zero-order chi connectivity index (χ0) is 15.2. The van der Waals surface area contributed by atoms with Crippen molar-refractivity contribution in [3.8, 4) is 11.1 Å². The van der Waals surface area contributed by atoms with Crippen LogP contribution >= 0.6 is 0 Å². The molecule has 2 N–H and O–H groups in total. The Morgan fingerprint density at radius 1 is 1.14 bits per heavy atom. The van der Waals surface area contributed by atoms with Crippen molar-refractivity contribution >= 4 is 24.1 Å². The predicted molar refractivity (Wildman–Crippen MR) is 80.8 cm³/mol. The first-order valence-electron chi connectivity index (χ1n) is 6.43. The summed E-state index contributed by atoms with van der Waals surface area (Å²) in [6, 6.07) is 9.81. The summed E-state index contributed by atoms with van der Waals surface area (Å²) in [6.07, 6.45) is 1.45. The van der Waals surface area contributed by atoms with Gasteiger partial charge in [0.2, 0.25) is 6.41 Å². The maximum absolute atomic E-state index is 13.7. The Hall–Kier alpha value is -2.69. The van der Waals surface area contributed by atoms with Crippen molar-refractivity contribution in [3.05, 3.63) is 47.8 Å². The van der Waals surface area contributed by atoms with Crippen LogP contribution in [0, 0.1) is 5.82 Å². The molecule has 0 saturated heterocycles. The number of carbonyl (C=O) groups excluding carboxylic acids is 2. The number of aldehydes is 1. The van der Waals surface area contributed by atoms with Gasteiger partial charge in [0.15, 0.2) is 0 Å². The highest BCUT2D eigenvalue weighted by atomic mass is 19.1. The van der Waals surface area contributed by atoms with E-state index in [2.05, 4.69) is 10.6 Å². The van der Waals surface area contributed by atoms with Crippen molar-refractivity contribution in [1.29, 1.82) is 0 Å². The molecular weight excluding hydrogens is 271 g/mol. The lowest BCUT2D eigenvalue weighted by Crippen LogP contribution is -1.99. The summed E-state index contributed by atoms with van der Waals surface area (Å²) in [5.41, 5.74) is 3.29. The minimum atomic E-state index is -0.418. The van der Waals surface area contributed by atoms with Crippen LogP contribution in [0.1, 0.15) is 5.56 Å². The average Bonchev–Trinajstić information content (AvgIpc) is 2.47. The fourth-order valence-corrected chi connectivity index (χ4v) is 2.15. The normalized spacial score (nSPS) is 10.0. The Balaban J connectivity index is 2.54. The summed E-state index contributed by atoms with van der Waals surface area (Å²) in [6.45, 7) is 0. The van der Waals surface area contributed by atoms with E-state index in [1.54, 1.807) is 25.2 Å². The van der Waals surface area contributed by atoms with Gasteiger partial charge in [0, 0.05) is 24.7 Å². The topological polar surface area (TPSA) is 58.2 Å². The number of amides is 1. The molecule has 4 nitrogen and oxygen atoms in total. The Labute approximate surface area is 122 Å². The first kappa shape index (κ1) is 14.7. The molecule has 0 aliphatic heterocycles. The molecule has 0 bridgehead atoms. The van der Waals surface area contributed by atoms with Gasteiger partial charge in [-0.2, -0.15) is 0 Å². The lowest BCUT2D eigenvalue weighted by atomic mass is 9.99. The minimum Gasteiger partial charge on any atom is -0.388 e. The molecule has 2 aromatic carbocycles. The average molecular weight is 286 g/mol. The summed E-state index contributed by atoms with van der Waals surface area (Å²) < 4.78 is 13.7. The van der Waals surface area contributed by atoms with Crippen molar-refractivity contribution < 1.29 is 14.0 Å². The van der Waals surface area contributed by atoms with Gasteiger partial charge in [0.1, 0.15) is 12.1 Å². The number of hydrogen-bond acceptors (Lipinski definition) is 3. The highest BCUT2D eigenvalue weighted by molar-refractivity contribution is 5.87. The molecule has 0 spiro atoms. The van der Waals surface area contributed by atoms with E-state index in [0.717, 1.165) is 12.0 Å². The Morgan fingerprint density at radius 3 is 2.62 bits per heavy atom. The van der Waals surface area contributed by atoms with Gasteiger partial charge in [0.25, 0.3) is 0 Å². The van der Waals surface area contributed by atoms with Crippen molar-refractivity contribution in [2.75, 3.05) is 17.7 Å². The molecule has 0 fully saturated rings. The van der Waals surface area contributed by atoms with Crippen molar-refractivity contribution in [3.63, 3.8) is 0 Å². The van der Waals surface area contributed by atoms with E-state index < -0.39 is 5.82 Å². The van der Waals surface area contributed by atoms with Crippen LogP contribution in [0.5, 0.6) is 0 Å². The zero-order valence-corrected chi connectivity index (χ0v) is 11.5. The van der Waals surface area contributed by atoms with E-state index in [1.165, 1.54) is 12.1 Å². The van der Waals surface area contributed by atoms with Gasteiger partial charge in [-0.05, 0) is 35.4 Å². The van der Waals surface area contributed by atoms with Crippen LogP contribution in [-0.4, -0.2) is 19.7 Å². The molecule has 1 amide bonds. The zero-order valence-electron chi connectivity index (χ0n) is 11.5. The number of halogens is 1. The van der Waals surface area contributed by atoms with Crippen LogP contribution in [0.25, 0.3) is 11.1 Å². The fourth-order valence-electron chi connectivity index (χ4n) is 2.15. The third kappa shape index (κ3) is 3.45. The number of benzene rings is 2. The van der Waals surface area contributed by atoms with E-state index in [0.29, 0.717) is 28.8 Å². The van der Waals surface area contributed by atoms with Crippen LogP contribution in [0.3, 0.4) is 0 Å². The predicted octanol–water partition coefficient (Wildman–Crippen LogP) is 2.84. The molecule has 21 heavy (non-hydrogen) atoms. The van der Waals surface area contributed by atoms with Crippen molar-refractivity contribution in [1.82, 2.24) is 0 Å². The Kier molecular flexibility index (Phi) is 4.66. The summed E-state index contributed by atoms with van der Waals surface area (Å²) >= 11 is 0. The van der Waals surface area contributed by atoms with Crippen LogP contribution in [0.4, 0.5) is 15.8 Å². The Bertz CT molecular complexity index is 671. The number of nitrogens with one attached hydrogen (secondary N) is 2. The van der Waals surface area contributed by atoms with Gasteiger partial charge >= 0.3 is 0 Å². The molecule has 0 aromatic heterocycles. The first-order chi connectivity index (χ1) is 10.2. The minimum absolute atomic E-state index is 0.149. The van der Waals surface area contributed by atoms with Crippen LogP contribution in [0.15, 0.2) is 36.4 Å². The number of rotatable bonds is 6. The maximum atomic E-state index is 13.7. The molecule has 5 heteroatoms. The van der Waals surface area contributed by atoms with E-state index in [4.69, 9.17) is 0 Å². The van der Waals surface area contributed by atoms with Crippen LogP contribution in [-0.2, 0) is 16.0 Å². The molecule has 2 aromatic rings. The van der Waals surface area contributed by atoms with Gasteiger partial charge in [-0.25, -0.2) is 4.39 Å². The van der Waals surface area contributed by atoms with Crippen molar-refractivity contribution in [2.45, 2.75) is 6.42 Å². The van der Waals surface area contributed by atoms with Gasteiger partial charge in [-0.15, -0.1) is 0 Å². The number of hydrogen-bond donors (Lipinski definition) is 2. The van der Waals surface area contributed by atoms with Crippen LogP contribution < -0.4 is 10.6 Å². The maximum Gasteiger partial charge on any atom is 0.211 e. The molecule has 0 atom stereocenters. The molecule has 0 unspecified atom stereocenters. The number of carbonyl (C=O) groups is 2. The second-order valence-electron chi connectivity index (χ2n) is 4.49. The molecule has 0 saturated carbocycles. The van der Waals surface area contributed by atoms with E-state index >= 15 is 0 Å². The third-order valence-corrected chi connectivity index (χ3v) is 3.11. The molecule has 0 radical (unpaired) electrons. The summed E-state index contributed by atoms with van der Waals surface area (Å²) in [5.74, 6) is -0.418. The molecule has 0 aliphatic rings. The van der Waals surface area contributed by atoms with E-state index in [-0.39, 0.29) is 6.42 Å². The first-order valence-corrected chi connectivity index (χ1v) is 6.43. The molecular formula is C16H15FN2O2. The second kappa shape index (κ2) is 6.65. The van der Waals surface area contributed by atoms with Crippen LogP contribution in [0.2, 0.25) is 0 Å². The summed E-state index contributed by atoms with van der Waals surface area (Å²) in [7, 11) is 1.77. The highest BCUT2D eigenvalue weighted by Crippen LogP contribution is 2.31. The standard InChI is InChI=1S/C16H15FN2O2/c1-18-14-2-3-15(16(9-14)19-10-21)12-6-11(4-5-20)7-13(17)8-12/h2-3,5-10,18H,4H2,1H3,(H,19,21). The molecule has 0 aliphatic carbocycles. The van der Waals surface area contributed by atoms with Gasteiger partial charge in [-0.3, -0.25) is 4.79 Å². The summed E-state index contributed by atoms with van der Waals surface area (Å²) in [4.78, 5) is 21.3. The van der Waals surface area contributed by atoms with Gasteiger partial charge in [-0.1, -0.05) is 12.1 Å². The third-order valence-electron chi connectivity index (χ3n) is 3.11. The second-order valence-corrected chi connectivity index (χ2v) is 4.49. The SMILES string of the molecule is CNc1ccc(-c2cc(F)cc(CC=O)c2)c(NC=O)c1.